The van der Waals surface area contributed by atoms with E-state index in [0.717, 1.165) is 17.1 Å². The summed E-state index contributed by atoms with van der Waals surface area (Å²) in [6, 6.07) is 3.30. The number of H-pyrrole nitrogens is 1. The lowest BCUT2D eigenvalue weighted by Gasteiger charge is -2.34. The van der Waals surface area contributed by atoms with Crippen LogP contribution >= 0.6 is 0 Å². The summed E-state index contributed by atoms with van der Waals surface area (Å²) in [4.78, 5) is 46.3. The van der Waals surface area contributed by atoms with Crippen LogP contribution in [0.3, 0.4) is 0 Å². The number of aryl methyl sites for hydroxylation is 1. The van der Waals surface area contributed by atoms with Gasteiger partial charge in [-0.3, -0.25) is 19.4 Å². The Bertz CT molecular complexity index is 857. The van der Waals surface area contributed by atoms with Gasteiger partial charge in [0, 0.05) is 37.3 Å². The van der Waals surface area contributed by atoms with Crippen molar-refractivity contribution in [1.29, 1.82) is 0 Å². The second kappa shape index (κ2) is 11.8. The maximum absolute atomic E-state index is 12.7. The standard InChI is InChI=1S/C20H27N5O3.CH2O2/c1-13-10-22-18(23-13)12-25(2)20(28)15-5-6-16(17(26)9-15)24-19(27)8-14-4-3-7-21-11-14;2-1-3/h3-4,7,10-11,15-17,26H,5-6,8-9,12H2,1-2H3,(H,22,23)(H,24,27);1H,(H,2,3)/t15-,16-,17-;/m0./s1. The molecule has 0 bridgehead atoms. The number of pyridine rings is 1. The number of aromatic amines is 1. The van der Waals surface area contributed by atoms with Crippen LogP contribution in [0.1, 0.15) is 36.3 Å². The fraction of sp³-hybridized carbons (Fsp3) is 0.476. The van der Waals surface area contributed by atoms with Crippen LogP contribution in [0.2, 0.25) is 0 Å². The average molecular weight is 431 g/mol. The number of carbonyl (C=O) groups is 3. The molecule has 31 heavy (non-hydrogen) atoms. The van der Waals surface area contributed by atoms with E-state index in [0.29, 0.717) is 25.8 Å². The van der Waals surface area contributed by atoms with Crippen LogP contribution < -0.4 is 5.32 Å². The van der Waals surface area contributed by atoms with Gasteiger partial charge in [0.25, 0.3) is 6.47 Å². The van der Waals surface area contributed by atoms with Gasteiger partial charge in [0.2, 0.25) is 11.8 Å². The number of aromatic nitrogens is 3. The van der Waals surface area contributed by atoms with Gasteiger partial charge in [0.15, 0.2) is 0 Å². The highest BCUT2D eigenvalue weighted by molar-refractivity contribution is 5.80. The highest BCUT2D eigenvalue weighted by Crippen LogP contribution is 2.26. The summed E-state index contributed by atoms with van der Waals surface area (Å²) in [6.45, 7) is 2.07. The Hall–Kier alpha value is -3.27. The Morgan fingerprint density at radius 1 is 1.35 bits per heavy atom. The minimum atomic E-state index is -0.736. The zero-order valence-corrected chi connectivity index (χ0v) is 17.7. The lowest BCUT2D eigenvalue weighted by atomic mass is 9.83. The molecule has 0 radical (unpaired) electrons. The smallest absolute Gasteiger partial charge is 0.290 e. The molecule has 4 N–H and O–H groups in total. The van der Waals surface area contributed by atoms with Crippen LogP contribution in [0.15, 0.2) is 30.7 Å². The Morgan fingerprint density at radius 3 is 2.68 bits per heavy atom. The van der Waals surface area contributed by atoms with Gasteiger partial charge < -0.3 is 25.4 Å². The summed E-state index contributed by atoms with van der Waals surface area (Å²) >= 11 is 0. The van der Waals surface area contributed by atoms with Crippen molar-refractivity contribution in [1.82, 2.24) is 25.2 Å². The Morgan fingerprint density at radius 2 is 2.10 bits per heavy atom. The summed E-state index contributed by atoms with van der Waals surface area (Å²) in [5.74, 6) is 0.341. The van der Waals surface area contributed by atoms with Crippen LogP contribution in [0.25, 0.3) is 0 Å². The fourth-order valence-electron chi connectivity index (χ4n) is 3.65. The zero-order valence-electron chi connectivity index (χ0n) is 17.7. The van der Waals surface area contributed by atoms with Crippen LogP contribution in [0.5, 0.6) is 0 Å². The zero-order chi connectivity index (χ0) is 22.8. The lowest BCUT2D eigenvalue weighted by molar-refractivity contribution is -0.137. The average Bonchev–Trinajstić information content (AvgIpc) is 3.14. The third-order valence-electron chi connectivity index (χ3n) is 5.12. The Kier molecular flexibility index (Phi) is 9.13. The molecule has 0 unspecified atom stereocenters. The molecule has 0 saturated heterocycles. The number of imidazole rings is 1. The largest absolute Gasteiger partial charge is 0.483 e. The van der Waals surface area contributed by atoms with E-state index in [1.54, 1.807) is 36.6 Å². The van der Waals surface area contributed by atoms with Crippen molar-refractivity contribution in [3.05, 3.63) is 47.8 Å². The van der Waals surface area contributed by atoms with Crippen molar-refractivity contribution < 1.29 is 24.6 Å². The number of aliphatic hydroxyl groups is 1. The number of nitrogens with one attached hydrogen (secondary N) is 2. The number of hydrogen-bond donors (Lipinski definition) is 4. The highest BCUT2D eigenvalue weighted by Gasteiger charge is 2.34. The van der Waals surface area contributed by atoms with E-state index in [1.165, 1.54) is 0 Å². The molecule has 0 aromatic carbocycles. The summed E-state index contributed by atoms with van der Waals surface area (Å²) in [5, 5.41) is 20.2. The molecule has 10 nitrogen and oxygen atoms in total. The number of hydrogen-bond acceptors (Lipinski definition) is 6. The van der Waals surface area contributed by atoms with Crippen molar-refractivity contribution in [3.8, 4) is 0 Å². The summed E-state index contributed by atoms with van der Waals surface area (Å²) < 4.78 is 0. The third-order valence-corrected chi connectivity index (χ3v) is 5.12. The monoisotopic (exact) mass is 431 g/mol. The first-order chi connectivity index (χ1) is 14.8. The third kappa shape index (κ3) is 7.49. The van der Waals surface area contributed by atoms with Gasteiger partial charge >= 0.3 is 0 Å². The van der Waals surface area contributed by atoms with E-state index in [4.69, 9.17) is 9.90 Å². The molecule has 2 amide bonds. The van der Waals surface area contributed by atoms with E-state index in [-0.39, 0.29) is 36.7 Å². The van der Waals surface area contributed by atoms with Gasteiger partial charge in [-0.05, 0) is 37.8 Å². The summed E-state index contributed by atoms with van der Waals surface area (Å²) in [7, 11) is 1.74. The number of carbonyl (C=O) groups excluding carboxylic acids is 2. The highest BCUT2D eigenvalue weighted by atomic mass is 16.3. The first-order valence-electron chi connectivity index (χ1n) is 10.0. The van der Waals surface area contributed by atoms with Crippen molar-refractivity contribution in [2.24, 2.45) is 5.92 Å². The van der Waals surface area contributed by atoms with Gasteiger partial charge in [-0.1, -0.05) is 6.07 Å². The van der Waals surface area contributed by atoms with Gasteiger partial charge in [0.05, 0.1) is 25.1 Å². The quantitative estimate of drug-likeness (QED) is 0.491. The first-order valence-corrected chi connectivity index (χ1v) is 10.0. The SMILES string of the molecule is Cc1cnc(CN(C)C(=O)[C@H]2CC[C@H](NC(=O)Cc3cccnc3)[C@@H](O)C2)[nH]1.O=CO. The maximum Gasteiger partial charge on any atom is 0.290 e. The molecule has 2 heterocycles. The van der Waals surface area contributed by atoms with Gasteiger partial charge in [-0.25, -0.2) is 4.98 Å². The van der Waals surface area contributed by atoms with Crippen molar-refractivity contribution >= 4 is 18.3 Å². The lowest BCUT2D eigenvalue weighted by Crippen LogP contribution is -2.49. The number of nitrogens with zero attached hydrogens (tertiary/aromatic N) is 3. The molecule has 1 saturated carbocycles. The maximum atomic E-state index is 12.7. The van der Waals surface area contributed by atoms with Crippen molar-refractivity contribution in [2.45, 2.75) is 51.3 Å². The molecular weight excluding hydrogens is 402 g/mol. The topological polar surface area (TPSA) is 149 Å². The fourth-order valence-corrected chi connectivity index (χ4v) is 3.65. The molecule has 3 atom stereocenters. The molecule has 1 fully saturated rings. The Labute approximate surface area is 180 Å². The molecule has 3 rings (SSSR count). The van der Waals surface area contributed by atoms with E-state index in [1.807, 2.05) is 13.0 Å². The molecule has 168 valence electrons. The second-order valence-electron chi connectivity index (χ2n) is 7.60. The minimum Gasteiger partial charge on any atom is -0.483 e. The van der Waals surface area contributed by atoms with Crippen molar-refractivity contribution in [3.63, 3.8) is 0 Å². The molecule has 10 heteroatoms. The molecule has 2 aromatic rings. The predicted octanol–water partition coefficient (Wildman–Crippen LogP) is 0.661. The number of amides is 2. The first kappa shape index (κ1) is 24.0. The molecule has 1 aliphatic carbocycles. The summed E-state index contributed by atoms with van der Waals surface area (Å²) in [5.41, 5.74) is 1.78. The molecule has 0 spiro atoms. The number of rotatable bonds is 6. The second-order valence-corrected chi connectivity index (χ2v) is 7.60. The molecule has 2 aromatic heterocycles. The van der Waals surface area contributed by atoms with Crippen LogP contribution in [-0.4, -0.2) is 67.5 Å². The van der Waals surface area contributed by atoms with Crippen molar-refractivity contribution in [2.75, 3.05) is 7.05 Å². The Balaban J connectivity index is 0.00000107. The number of aliphatic hydroxyl groups excluding tert-OH is 1. The molecule has 0 aliphatic heterocycles. The number of carboxylic acid groups (broad SMARTS) is 1. The predicted molar refractivity (Wildman–Crippen MR) is 112 cm³/mol. The molecule has 1 aliphatic rings. The minimum absolute atomic E-state index is 0.00626. The molecular formula is C21H29N5O5. The van der Waals surface area contributed by atoms with E-state index in [9.17, 15) is 14.7 Å². The normalized spacial score (nSPS) is 20.2. The van der Waals surface area contributed by atoms with E-state index >= 15 is 0 Å². The van der Waals surface area contributed by atoms with Gasteiger partial charge in [-0.2, -0.15) is 0 Å². The van der Waals surface area contributed by atoms with E-state index < -0.39 is 6.10 Å². The van der Waals surface area contributed by atoms with E-state index in [2.05, 4.69) is 20.3 Å². The van der Waals surface area contributed by atoms with Gasteiger partial charge in [-0.15, -0.1) is 0 Å². The van der Waals surface area contributed by atoms with Crippen LogP contribution in [-0.2, 0) is 27.3 Å². The van der Waals surface area contributed by atoms with Crippen LogP contribution in [0, 0.1) is 12.8 Å². The van der Waals surface area contributed by atoms with Gasteiger partial charge in [0.1, 0.15) is 5.82 Å². The van der Waals surface area contributed by atoms with Crippen LogP contribution in [0.4, 0.5) is 0 Å². The summed E-state index contributed by atoms with van der Waals surface area (Å²) in [6.07, 6.45) is 6.09.